The molecule has 0 unspecified atom stereocenters. The van der Waals surface area contributed by atoms with Gasteiger partial charge in [0.15, 0.2) is 0 Å². The molecule has 5 heteroatoms. The largest absolute Gasteiger partial charge is 0.318 e. The standard InChI is InChI=1S/C23H25N3O2/c1-16-13-18(15-24-20-11-9-19(10-12-20)23(3,4)5)17(2)25(16)21-7-6-8-22(14-21)26(27)28/h6-15H,1-5H3. The van der Waals surface area contributed by atoms with Gasteiger partial charge < -0.3 is 4.57 Å². The summed E-state index contributed by atoms with van der Waals surface area (Å²) >= 11 is 0. The molecule has 1 heterocycles. The van der Waals surface area contributed by atoms with Crippen LogP contribution in [-0.4, -0.2) is 15.7 Å². The maximum absolute atomic E-state index is 11.1. The number of non-ortho nitro benzene ring substituents is 1. The summed E-state index contributed by atoms with van der Waals surface area (Å²) in [6.45, 7) is 10.5. The second kappa shape index (κ2) is 7.43. The molecule has 0 fully saturated rings. The number of nitro benzene ring substituents is 1. The monoisotopic (exact) mass is 375 g/mol. The van der Waals surface area contributed by atoms with E-state index in [4.69, 9.17) is 0 Å². The maximum atomic E-state index is 11.1. The summed E-state index contributed by atoms with van der Waals surface area (Å²) in [7, 11) is 0. The first-order valence-corrected chi connectivity index (χ1v) is 9.25. The topological polar surface area (TPSA) is 60.4 Å². The molecular formula is C23H25N3O2. The summed E-state index contributed by atoms with van der Waals surface area (Å²) in [6, 6.07) is 17.0. The molecule has 0 aliphatic rings. The van der Waals surface area contributed by atoms with E-state index in [1.165, 1.54) is 11.6 Å². The van der Waals surface area contributed by atoms with Crippen LogP contribution < -0.4 is 0 Å². The third kappa shape index (κ3) is 4.03. The van der Waals surface area contributed by atoms with E-state index in [2.05, 4.69) is 37.9 Å². The number of aryl methyl sites for hydroxylation is 1. The highest BCUT2D eigenvalue weighted by molar-refractivity contribution is 5.84. The van der Waals surface area contributed by atoms with Gasteiger partial charge in [-0.15, -0.1) is 0 Å². The Morgan fingerprint density at radius 3 is 2.32 bits per heavy atom. The zero-order valence-electron chi connectivity index (χ0n) is 16.9. The number of aliphatic imine (C=N–C) groups is 1. The zero-order valence-corrected chi connectivity index (χ0v) is 16.9. The Morgan fingerprint density at radius 1 is 1.04 bits per heavy atom. The average molecular weight is 375 g/mol. The Labute approximate surface area is 165 Å². The average Bonchev–Trinajstić information content (AvgIpc) is 2.93. The SMILES string of the molecule is Cc1cc(C=Nc2ccc(C(C)(C)C)cc2)c(C)n1-c1cccc([N+](=O)[O-])c1. The molecule has 3 aromatic rings. The van der Waals surface area contributed by atoms with Gasteiger partial charge >= 0.3 is 0 Å². The van der Waals surface area contributed by atoms with Crippen LogP contribution in [0.15, 0.2) is 59.6 Å². The van der Waals surface area contributed by atoms with Crippen molar-refractivity contribution in [3.63, 3.8) is 0 Å². The lowest BCUT2D eigenvalue weighted by molar-refractivity contribution is -0.384. The van der Waals surface area contributed by atoms with Gasteiger partial charge in [0, 0.05) is 35.3 Å². The quantitative estimate of drug-likeness (QED) is 0.316. The lowest BCUT2D eigenvalue weighted by Gasteiger charge is -2.18. The molecule has 0 spiro atoms. The number of aromatic nitrogens is 1. The van der Waals surface area contributed by atoms with Gasteiger partial charge in [-0.3, -0.25) is 15.1 Å². The van der Waals surface area contributed by atoms with Gasteiger partial charge in [-0.2, -0.15) is 0 Å². The van der Waals surface area contributed by atoms with Gasteiger partial charge in [-0.25, -0.2) is 0 Å². The van der Waals surface area contributed by atoms with E-state index in [9.17, 15) is 10.1 Å². The van der Waals surface area contributed by atoms with Crippen molar-refractivity contribution in [1.29, 1.82) is 0 Å². The van der Waals surface area contributed by atoms with E-state index < -0.39 is 0 Å². The molecule has 0 amide bonds. The summed E-state index contributed by atoms with van der Waals surface area (Å²) in [5, 5.41) is 11.1. The Hall–Kier alpha value is -3.21. The van der Waals surface area contributed by atoms with E-state index >= 15 is 0 Å². The summed E-state index contributed by atoms with van der Waals surface area (Å²) in [4.78, 5) is 15.3. The van der Waals surface area contributed by atoms with E-state index in [1.807, 2.05) is 48.9 Å². The van der Waals surface area contributed by atoms with Crippen molar-refractivity contribution in [2.75, 3.05) is 0 Å². The molecule has 2 aromatic carbocycles. The molecule has 28 heavy (non-hydrogen) atoms. The molecule has 5 nitrogen and oxygen atoms in total. The Morgan fingerprint density at radius 2 is 1.71 bits per heavy atom. The first-order valence-electron chi connectivity index (χ1n) is 9.25. The fourth-order valence-electron chi connectivity index (χ4n) is 3.25. The predicted octanol–water partition coefficient (Wildman–Crippen LogP) is 6.05. The van der Waals surface area contributed by atoms with Crippen molar-refractivity contribution < 1.29 is 4.92 Å². The van der Waals surface area contributed by atoms with Crippen molar-refractivity contribution in [2.45, 2.75) is 40.0 Å². The first kappa shape index (κ1) is 19.5. The van der Waals surface area contributed by atoms with E-state index in [-0.39, 0.29) is 16.0 Å². The van der Waals surface area contributed by atoms with Crippen LogP contribution >= 0.6 is 0 Å². The lowest BCUT2D eigenvalue weighted by Crippen LogP contribution is -2.10. The van der Waals surface area contributed by atoms with Crippen molar-refractivity contribution in [2.24, 2.45) is 4.99 Å². The molecule has 3 rings (SSSR count). The molecule has 1 aromatic heterocycles. The molecular weight excluding hydrogens is 350 g/mol. The van der Waals surface area contributed by atoms with E-state index in [0.29, 0.717) is 0 Å². The van der Waals surface area contributed by atoms with Gasteiger partial charge in [-0.1, -0.05) is 39.0 Å². The fraction of sp³-hybridized carbons (Fsp3) is 0.261. The zero-order chi connectivity index (χ0) is 20.5. The second-order valence-electron chi connectivity index (χ2n) is 7.99. The summed E-state index contributed by atoms with van der Waals surface area (Å²) in [5.74, 6) is 0. The molecule has 0 N–H and O–H groups in total. The second-order valence-corrected chi connectivity index (χ2v) is 7.99. The molecule has 0 radical (unpaired) electrons. The van der Waals surface area contributed by atoms with Crippen LogP contribution in [0, 0.1) is 24.0 Å². The van der Waals surface area contributed by atoms with Crippen molar-refractivity contribution in [3.05, 3.63) is 87.2 Å². The van der Waals surface area contributed by atoms with Gasteiger partial charge in [0.2, 0.25) is 0 Å². The van der Waals surface area contributed by atoms with Crippen LogP contribution in [0.25, 0.3) is 5.69 Å². The minimum absolute atomic E-state index is 0.0826. The number of rotatable bonds is 4. The maximum Gasteiger partial charge on any atom is 0.271 e. The van der Waals surface area contributed by atoms with Crippen molar-refractivity contribution in [3.8, 4) is 5.69 Å². The normalized spacial score (nSPS) is 11.9. The third-order valence-corrected chi connectivity index (χ3v) is 4.86. The van der Waals surface area contributed by atoms with Crippen LogP contribution in [0.4, 0.5) is 11.4 Å². The number of nitro groups is 1. The summed E-state index contributed by atoms with van der Waals surface area (Å²) < 4.78 is 2.01. The van der Waals surface area contributed by atoms with Gasteiger partial charge in [-0.05, 0) is 49.1 Å². The molecule has 0 aliphatic carbocycles. The van der Waals surface area contributed by atoms with E-state index in [1.54, 1.807) is 12.1 Å². The first-order chi connectivity index (χ1) is 13.2. The fourth-order valence-corrected chi connectivity index (χ4v) is 3.25. The van der Waals surface area contributed by atoms with Gasteiger partial charge in [0.1, 0.15) is 0 Å². The Balaban J connectivity index is 1.91. The molecule has 0 saturated carbocycles. The van der Waals surface area contributed by atoms with Crippen LogP contribution in [0.5, 0.6) is 0 Å². The van der Waals surface area contributed by atoms with E-state index in [0.717, 1.165) is 28.3 Å². The summed E-state index contributed by atoms with van der Waals surface area (Å²) in [6.07, 6.45) is 1.85. The van der Waals surface area contributed by atoms with Crippen molar-refractivity contribution in [1.82, 2.24) is 4.57 Å². The third-order valence-electron chi connectivity index (χ3n) is 4.86. The minimum atomic E-state index is -0.374. The highest BCUT2D eigenvalue weighted by atomic mass is 16.6. The number of hydrogen-bond acceptors (Lipinski definition) is 3. The number of benzene rings is 2. The predicted molar refractivity (Wildman–Crippen MR) is 114 cm³/mol. The summed E-state index contributed by atoms with van der Waals surface area (Å²) in [5.41, 5.74) is 6.13. The number of nitrogens with zero attached hydrogens (tertiary/aromatic N) is 3. The van der Waals surface area contributed by atoms with Crippen LogP contribution in [-0.2, 0) is 5.41 Å². The van der Waals surface area contributed by atoms with Gasteiger partial charge in [0.05, 0.1) is 16.3 Å². The molecule has 0 aliphatic heterocycles. The molecule has 0 atom stereocenters. The lowest BCUT2D eigenvalue weighted by atomic mass is 9.87. The van der Waals surface area contributed by atoms with Crippen LogP contribution in [0.3, 0.4) is 0 Å². The van der Waals surface area contributed by atoms with Crippen molar-refractivity contribution >= 4 is 17.6 Å². The minimum Gasteiger partial charge on any atom is -0.318 e. The van der Waals surface area contributed by atoms with Crippen LogP contribution in [0.2, 0.25) is 0 Å². The highest BCUT2D eigenvalue weighted by Gasteiger charge is 2.14. The smallest absolute Gasteiger partial charge is 0.271 e. The van der Waals surface area contributed by atoms with Crippen LogP contribution in [0.1, 0.15) is 43.3 Å². The van der Waals surface area contributed by atoms with Gasteiger partial charge in [0.25, 0.3) is 5.69 Å². The highest BCUT2D eigenvalue weighted by Crippen LogP contribution is 2.26. The molecule has 0 saturated heterocycles. The molecule has 0 bridgehead atoms. The Bertz CT molecular complexity index is 1040. The number of hydrogen-bond donors (Lipinski definition) is 0. The Kier molecular flexibility index (Phi) is 5.18. The molecule has 144 valence electrons.